The van der Waals surface area contributed by atoms with Crippen LogP contribution in [-0.4, -0.2) is 37.3 Å². The summed E-state index contributed by atoms with van der Waals surface area (Å²) in [7, 11) is 0. The number of rotatable bonds is 2. The van der Waals surface area contributed by atoms with Gasteiger partial charge in [0.2, 0.25) is 5.65 Å². The molecule has 0 fully saturated rings. The Morgan fingerprint density at radius 2 is 2.11 bits per heavy atom. The average molecular weight is 444 g/mol. The number of nitrogens with one attached hydrogen (secondary N) is 1. The van der Waals surface area contributed by atoms with Crippen LogP contribution in [0.25, 0.3) is 33.8 Å². The largest absolute Gasteiger partial charge is 0.491 e. The summed E-state index contributed by atoms with van der Waals surface area (Å²) < 4.78 is 14.3. The molecule has 0 saturated heterocycles. The number of amides is 1. The molecule has 0 aliphatic carbocycles. The quantitative estimate of drug-likeness (QED) is 0.475. The van der Waals surface area contributed by atoms with Crippen molar-refractivity contribution >= 4 is 50.3 Å². The first-order valence-corrected chi connectivity index (χ1v) is 9.48. The van der Waals surface area contributed by atoms with Crippen molar-refractivity contribution < 1.29 is 19.1 Å². The number of carbonyl (C=O) groups is 1. The predicted molar refractivity (Wildman–Crippen MR) is 105 cm³/mol. The smallest absolute Gasteiger partial charge is 0.412 e. The summed E-state index contributed by atoms with van der Waals surface area (Å²) in [6.45, 7) is 1.47. The molecule has 5 rings (SSSR count). The number of imidazole rings is 1. The molecule has 2 N–H and O–H groups in total. The molecule has 0 radical (unpaired) electrons. The Morgan fingerprint density at radius 1 is 1.21 bits per heavy atom. The Hall–Kier alpha value is -3.14. The third-order valence-electron chi connectivity index (χ3n) is 4.50. The molecule has 0 bridgehead atoms. The zero-order chi connectivity index (χ0) is 19.3. The minimum Gasteiger partial charge on any atom is -0.491 e. The Kier molecular flexibility index (Phi) is 3.93. The van der Waals surface area contributed by atoms with Gasteiger partial charge in [0.15, 0.2) is 11.4 Å². The summed E-state index contributed by atoms with van der Waals surface area (Å²) in [5, 5.41) is 10.9. The molecule has 4 heterocycles. The van der Waals surface area contributed by atoms with Crippen molar-refractivity contribution in [3.63, 3.8) is 0 Å². The van der Waals surface area contributed by atoms with Crippen LogP contribution >= 0.6 is 15.9 Å². The fourth-order valence-electron chi connectivity index (χ4n) is 3.36. The number of oxazole rings is 1. The highest BCUT2D eigenvalue weighted by Gasteiger charge is 2.21. The summed E-state index contributed by atoms with van der Waals surface area (Å²) in [5.74, 6) is 1.50. The Bertz CT molecular complexity index is 1230. The molecule has 0 atom stereocenters. The van der Waals surface area contributed by atoms with Crippen molar-refractivity contribution in [3.05, 3.63) is 28.7 Å². The van der Waals surface area contributed by atoms with E-state index in [0.29, 0.717) is 29.4 Å². The van der Waals surface area contributed by atoms with Gasteiger partial charge in [-0.3, -0.25) is 0 Å². The maximum atomic E-state index is 10.8. The van der Waals surface area contributed by atoms with Crippen LogP contribution < -0.4 is 10.1 Å². The molecular weight excluding hydrogens is 430 g/mol. The second-order valence-corrected chi connectivity index (χ2v) is 7.30. The number of aryl methyl sites for hydroxylation is 1. The molecule has 142 valence electrons. The zero-order valence-corrected chi connectivity index (χ0v) is 16.1. The highest BCUT2D eigenvalue weighted by Crippen LogP contribution is 2.35. The standard InChI is InChI=1S/C18H14BrN5O4/c19-9-7-11-14-13(8-9)27-6-2-1-5-24(14)16(21-11)10-3-4-12-15(20-10)22-17(28-12)23-18(25)26/h3-4,7-8H,1-2,5-6H2,(H,25,26)(H,20,22,23). The summed E-state index contributed by atoms with van der Waals surface area (Å²) in [4.78, 5) is 24.2. The summed E-state index contributed by atoms with van der Waals surface area (Å²) in [6.07, 6.45) is 0.666. The van der Waals surface area contributed by atoms with Crippen molar-refractivity contribution in [2.45, 2.75) is 19.4 Å². The van der Waals surface area contributed by atoms with Gasteiger partial charge in [-0.05, 0) is 37.1 Å². The molecule has 0 unspecified atom stereocenters. The predicted octanol–water partition coefficient (Wildman–Crippen LogP) is 4.26. The average Bonchev–Trinajstić information content (AvgIpc) is 3.18. The molecule has 0 spiro atoms. The van der Waals surface area contributed by atoms with E-state index in [1.165, 1.54) is 0 Å². The van der Waals surface area contributed by atoms with Crippen LogP contribution in [0.3, 0.4) is 0 Å². The number of fused-ring (bicyclic) bond motifs is 1. The SMILES string of the molecule is O=C(O)Nc1nc2nc(-c3nc4cc(Br)cc5c4n3CCCCO5)ccc2o1. The van der Waals surface area contributed by atoms with E-state index >= 15 is 0 Å². The number of pyridine rings is 1. The van der Waals surface area contributed by atoms with Crippen LogP contribution in [-0.2, 0) is 6.54 Å². The highest BCUT2D eigenvalue weighted by molar-refractivity contribution is 9.10. The molecular formula is C18H14BrN5O4. The van der Waals surface area contributed by atoms with E-state index in [0.717, 1.165) is 40.6 Å². The summed E-state index contributed by atoms with van der Waals surface area (Å²) in [6, 6.07) is 7.29. The third-order valence-corrected chi connectivity index (χ3v) is 4.96. The number of ether oxygens (including phenoxy) is 1. The van der Waals surface area contributed by atoms with Gasteiger partial charge < -0.3 is 18.8 Å². The van der Waals surface area contributed by atoms with Crippen LogP contribution in [0.2, 0.25) is 0 Å². The van der Waals surface area contributed by atoms with E-state index in [2.05, 4.69) is 35.8 Å². The summed E-state index contributed by atoms with van der Waals surface area (Å²) >= 11 is 3.52. The van der Waals surface area contributed by atoms with Crippen molar-refractivity contribution in [1.29, 1.82) is 0 Å². The van der Waals surface area contributed by atoms with Crippen LogP contribution in [0.5, 0.6) is 5.75 Å². The number of hydrogen-bond donors (Lipinski definition) is 2. The zero-order valence-electron chi connectivity index (χ0n) is 14.5. The number of anilines is 1. The molecule has 0 saturated carbocycles. The third kappa shape index (κ3) is 2.85. The van der Waals surface area contributed by atoms with E-state index in [9.17, 15) is 4.79 Å². The topological polar surface area (TPSA) is 115 Å². The van der Waals surface area contributed by atoms with Gasteiger partial charge in [0.1, 0.15) is 17.0 Å². The van der Waals surface area contributed by atoms with Gasteiger partial charge in [0.05, 0.1) is 12.1 Å². The lowest BCUT2D eigenvalue weighted by molar-refractivity contribution is 0.209. The lowest BCUT2D eigenvalue weighted by Crippen LogP contribution is -2.09. The molecule has 4 aromatic rings. The van der Waals surface area contributed by atoms with Crippen molar-refractivity contribution in [1.82, 2.24) is 19.5 Å². The molecule has 9 nitrogen and oxygen atoms in total. The molecule has 1 aliphatic rings. The van der Waals surface area contributed by atoms with E-state index < -0.39 is 6.09 Å². The van der Waals surface area contributed by atoms with Gasteiger partial charge >= 0.3 is 12.1 Å². The number of halogens is 1. The Morgan fingerprint density at radius 3 is 2.96 bits per heavy atom. The Balaban J connectivity index is 1.68. The number of benzene rings is 1. The molecule has 10 heteroatoms. The maximum Gasteiger partial charge on any atom is 0.412 e. The van der Waals surface area contributed by atoms with Crippen LogP contribution in [0.4, 0.5) is 10.8 Å². The van der Waals surface area contributed by atoms with Crippen LogP contribution in [0, 0.1) is 0 Å². The van der Waals surface area contributed by atoms with E-state index in [4.69, 9.17) is 19.2 Å². The van der Waals surface area contributed by atoms with Crippen LogP contribution in [0.1, 0.15) is 12.8 Å². The number of nitrogens with zero attached hydrogens (tertiary/aromatic N) is 4. The van der Waals surface area contributed by atoms with Gasteiger partial charge in [0.25, 0.3) is 0 Å². The van der Waals surface area contributed by atoms with Gasteiger partial charge in [-0.2, -0.15) is 4.98 Å². The number of aromatic nitrogens is 4. The molecule has 1 aliphatic heterocycles. The van der Waals surface area contributed by atoms with Gasteiger partial charge in [-0.1, -0.05) is 15.9 Å². The lowest BCUT2D eigenvalue weighted by Gasteiger charge is -2.16. The van der Waals surface area contributed by atoms with E-state index in [1.54, 1.807) is 12.1 Å². The van der Waals surface area contributed by atoms with Gasteiger partial charge in [0, 0.05) is 11.0 Å². The van der Waals surface area contributed by atoms with Crippen LogP contribution in [0.15, 0.2) is 33.2 Å². The van der Waals surface area contributed by atoms with Gasteiger partial charge in [-0.25, -0.2) is 20.1 Å². The van der Waals surface area contributed by atoms with Crippen molar-refractivity contribution in [2.24, 2.45) is 0 Å². The fourth-order valence-corrected chi connectivity index (χ4v) is 3.79. The minimum absolute atomic E-state index is 0.116. The second-order valence-electron chi connectivity index (χ2n) is 6.38. The molecule has 1 amide bonds. The highest BCUT2D eigenvalue weighted by atomic mass is 79.9. The molecule has 28 heavy (non-hydrogen) atoms. The van der Waals surface area contributed by atoms with Gasteiger partial charge in [-0.15, -0.1) is 0 Å². The minimum atomic E-state index is -1.25. The molecule has 1 aromatic carbocycles. The normalized spacial score (nSPS) is 13.9. The molecule has 3 aromatic heterocycles. The fraction of sp³-hybridized carbons (Fsp3) is 0.222. The lowest BCUT2D eigenvalue weighted by atomic mass is 10.2. The first-order valence-electron chi connectivity index (χ1n) is 8.69. The van der Waals surface area contributed by atoms with Crippen molar-refractivity contribution in [2.75, 3.05) is 11.9 Å². The Labute approximate surface area is 166 Å². The van der Waals surface area contributed by atoms with E-state index in [-0.39, 0.29) is 6.01 Å². The monoisotopic (exact) mass is 443 g/mol. The number of carboxylic acid groups (broad SMARTS) is 1. The summed E-state index contributed by atoms with van der Waals surface area (Å²) in [5.41, 5.74) is 3.08. The van der Waals surface area contributed by atoms with Crippen molar-refractivity contribution in [3.8, 4) is 17.3 Å². The second kappa shape index (κ2) is 6.48. The van der Waals surface area contributed by atoms with E-state index in [1.807, 2.05) is 12.1 Å². The first-order chi connectivity index (χ1) is 13.6. The number of hydrogen-bond acceptors (Lipinski definition) is 6. The maximum absolute atomic E-state index is 10.8. The first kappa shape index (κ1) is 17.0.